The molecule has 2 nitrogen and oxygen atoms in total. The lowest BCUT2D eigenvalue weighted by atomic mass is 10.2. The second-order valence-electron chi connectivity index (χ2n) is 2.97. The van der Waals surface area contributed by atoms with Gasteiger partial charge >= 0.3 is 5.97 Å². The zero-order valence-electron chi connectivity index (χ0n) is 8.12. The van der Waals surface area contributed by atoms with Gasteiger partial charge in [0.2, 0.25) is 0 Å². The summed E-state index contributed by atoms with van der Waals surface area (Å²) in [5.41, 5.74) is 0. The Morgan fingerprint density at radius 3 is 2.88 bits per heavy atom. The molecule has 2 rings (SSSR count). The molecule has 0 radical (unpaired) electrons. The van der Waals surface area contributed by atoms with E-state index in [1.54, 1.807) is 0 Å². The maximum Gasteiger partial charge on any atom is 0.348 e. The molecule has 0 aliphatic rings. The quantitative estimate of drug-likeness (QED) is 0.768. The first-order valence-corrected chi connectivity index (χ1v) is 5.79. The summed E-state index contributed by atoms with van der Waals surface area (Å²) in [5.74, 6) is -1.13. The predicted molar refractivity (Wildman–Crippen MR) is 60.1 cm³/mol. The van der Waals surface area contributed by atoms with E-state index in [9.17, 15) is 13.1 Å². The summed E-state index contributed by atoms with van der Waals surface area (Å²) in [6.45, 7) is 0. The SMILES string of the molecule is COC(=O)c1cc2c(SF)c(F)ccc2s1. The van der Waals surface area contributed by atoms with Crippen LogP contribution in [0.15, 0.2) is 23.1 Å². The van der Waals surface area contributed by atoms with Crippen LogP contribution in [0.3, 0.4) is 0 Å². The van der Waals surface area contributed by atoms with Crippen LogP contribution in [0.25, 0.3) is 10.1 Å². The fourth-order valence-electron chi connectivity index (χ4n) is 1.34. The van der Waals surface area contributed by atoms with Crippen molar-refractivity contribution in [2.24, 2.45) is 0 Å². The zero-order chi connectivity index (χ0) is 11.7. The minimum Gasteiger partial charge on any atom is -0.465 e. The maximum absolute atomic E-state index is 13.2. The van der Waals surface area contributed by atoms with Gasteiger partial charge in [-0.1, -0.05) is 0 Å². The van der Waals surface area contributed by atoms with E-state index >= 15 is 0 Å². The van der Waals surface area contributed by atoms with E-state index in [0.717, 1.165) is 11.3 Å². The van der Waals surface area contributed by atoms with Crippen LogP contribution in [0.4, 0.5) is 8.28 Å². The molecule has 1 aromatic carbocycles. The number of ether oxygens (including phenoxy) is 1. The summed E-state index contributed by atoms with van der Waals surface area (Å²) in [5, 5.41) is 0.401. The number of rotatable bonds is 2. The van der Waals surface area contributed by atoms with Crippen LogP contribution < -0.4 is 0 Å². The van der Waals surface area contributed by atoms with E-state index in [1.807, 2.05) is 0 Å². The minimum atomic E-state index is -0.630. The molecule has 16 heavy (non-hydrogen) atoms. The zero-order valence-corrected chi connectivity index (χ0v) is 9.75. The molecule has 0 amide bonds. The van der Waals surface area contributed by atoms with E-state index in [1.165, 1.54) is 25.3 Å². The molecule has 6 heteroatoms. The predicted octanol–water partition coefficient (Wildman–Crippen LogP) is 3.80. The van der Waals surface area contributed by atoms with Crippen LogP contribution >= 0.6 is 23.5 Å². The van der Waals surface area contributed by atoms with Gasteiger partial charge in [0, 0.05) is 10.1 Å². The average molecular weight is 260 g/mol. The molecule has 1 heterocycles. The van der Waals surface area contributed by atoms with Crippen molar-refractivity contribution in [3.05, 3.63) is 28.9 Å². The molecule has 0 fully saturated rings. The second kappa shape index (κ2) is 4.39. The van der Waals surface area contributed by atoms with Crippen molar-refractivity contribution in [2.75, 3.05) is 7.11 Å². The van der Waals surface area contributed by atoms with Crippen molar-refractivity contribution in [1.29, 1.82) is 0 Å². The highest BCUT2D eigenvalue weighted by Gasteiger charge is 2.15. The van der Waals surface area contributed by atoms with Crippen molar-refractivity contribution in [1.82, 2.24) is 0 Å². The number of methoxy groups -OCH3 is 1. The molecule has 0 aliphatic carbocycles. The Hall–Kier alpha value is -1.14. The van der Waals surface area contributed by atoms with Crippen LogP contribution in [0.5, 0.6) is 0 Å². The van der Waals surface area contributed by atoms with Gasteiger partial charge in [0.1, 0.15) is 10.7 Å². The molecular formula is C10H6F2O2S2. The number of esters is 1. The Bertz CT molecular complexity index is 551. The van der Waals surface area contributed by atoms with Gasteiger partial charge < -0.3 is 4.74 Å². The lowest BCUT2D eigenvalue weighted by molar-refractivity contribution is 0.0606. The first-order valence-electron chi connectivity index (χ1n) is 4.26. The molecule has 0 N–H and O–H groups in total. The summed E-state index contributed by atoms with van der Waals surface area (Å²) in [4.78, 5) is 11.5. The largest absolute Gasteiger partial charge is 0.465 e. The van der Waals surface area contributed by atoms with E-state index < -0.39 is 11.8 Å². The molecule has 84 valence electrons. The van der Waals surface area contributed by atoms with Crippen LogP contribution in [-0.4, -0.2) is 13.1 Å². The maximum atomic E-state index is 13.2. The monoisotopic (exact) mass is 260 g/mol. The molecule has 0 bridgehead atoms. The van der Waals surface area contributed by atoms with E-state index in [-0.39, 0.29) is 17.0 Å². The van der Waals surface area contributed by atoms with Gasteiger partial charge in [0.25, 0.3) is 0 Å². The van der Waals surface area contributed by atoms with Crippen LogP contribution in [0.2, 0.25) is 0 Å². The summed E-state index contributed by atoms with van der Waals surface area (Å²) < 4.78 is 31.0. The fraction of sp³-hybridized carbons (Fsp3) is 0.100. The molecule has 2 aromatic rings. The van der Waals surface area contributed by atoms with Gasteiger partial charge in [-0.2, -0.15) is 3.89 Å². The average Bonchev–Trinajstić information content (AvgIpc) is 2.71. The molecular weight excluding hydrogens is 254 g/mol. The molecule has 0 spiro atoms. The summed E-state index contributed by atoms with van der Waals surface area (Å²) in [6, 6.07) is 4.14. The lowest BCUT2D eigenvalue weighted by Gasteiger charge is -1.96. The van der Waals surface area contributed by atoms with E-state index in [2.05, 4.69) is 4.74 Å². The number of carbonyl (C=O) groups excluding carboxylic acids is 1. The normalized spacial score (nSPS) is 10.7. The minimum absolute atomic E-state index is 0.0936. The first-order chi connectivity index (χ1) is 7.67. The Balaban J connectivity index is 2.65. The molecule has 1 aromatic heterocycles. The standard InChI is InChI=1S/C10H6F2O2S2/c1-14-10(13)8-4-5-7(15-8)3-2-6(11)9(5)16-12/h2-4H,1H3. The second-order valence-corrected chi connectivity index (χ2v) is 4.61. The summed E-state index contributed by atoms with van der Waals surface area (Å²) >= 11 is 0.984. The fourth-order valence-corrected chi connectivity index (χ4v) is 2.78. The molecule has 0 atom stereocenters. The number of hydrogen-bond donors (Lipinski definition) is 0. The number of thiophene rings is 1. The lowest BCUT2D eigenvalue weighted by Crippen LogP contribution is -1.96. The third kappa shape index (κ3) is 1.78. The van der Waals surface area contributed by atoms with E-state index in [0.29, 0.717) is 15.0 Å². The Morgan fingerprint density at radius 2 is 2.25 bits per heavy atom. The number of carbonyl (C=O) groups is 1. The van der Waals surface area contributed by atoms with Crippen molar-refractivity contribution in [3.63, 3.8) is 0 Å². The van der Waals surface area contributed by atoms with E-state index in [4.69, 9.17) is 0 Å². The van der Waals surface area contributed by atoms with Gasteiger partial charge in [-0.05, 0) is 18.2 Å². The summed E-state index contributed by atoms with van der Waals surface area (Å²) in [6.07, 6.45) is 0. The Kier molecular flexibility index (Phi) is 3.11. The van der Waals surface area contributed by atoms with Gasteiger partial charge in [0.05, 0.1) is 24.2 Å². The Labute approximate surface area is 98.5 Å². The third-order valence-electron chi connectivity index (χ3n) is 2.07. The topological polar surface area (TPSA) is 26.3 Å². The first kappa shape index (κ1) is 11.3. The van der Waals surface area contributed by atoms with Gasteiger partial charge in [-0.25, -0.2) is 9.18 Å². The van der Waals surface area contributed by atoms with Gasteiger partial charge in [0.15, 0.2) is 0 Å². The highest BCUT2D eigenvalue weighted by atomic mass is 32.2. The van der Waals surface area contributed by atoms with Crippen LogP contribution in [-0.2, 0) is 4.74 Å². The highest BCUT2D eigenvalue weighted by Crippen LogP contribution is 2.36. The van der Waals surface area contributed by atoms with Gasteiger partial charge in [-0.3, -0.25) is 0 Å². The van der Waals surface area contributed by atoms with Crippen molar-refractivity contribution >= 4 is 39.5 Å². The highest BCUT2D eigenvalue weighted by molar-refractivity contribution is 7.94. The number of hydrogen-bond acceptors (Lipinski definition) is 4. The third-order valence-corrected chi connectivity index (χ3v) is 3.72. The number of benzene rings is 1. The Morgan fingerprint density at radius 1 is 1.50 bits per heavy atom. The van der Waals surface area contributed by atoms with Gasteiger partial charge in [-0.15, -0.1) is 11.3 Å². The molecule has 0 saturated heterocycles. The number of fused-ring (bicyclic) bond motifs is 1. The number of halogens is 2. The molecule has 0 unspecified atom stereocenters. The van der Waals surface area contributed by atoms with Crippen LogP contribution in [0, 0.1) is 5.82 Å². The van der Waals surface area contributed by atoms with Crippen molar-refractivity contribution < 1.29 is 17.8 Å². The van der Waals surface area contributed by atoms with Crippen LogP contribution in [0.1, 0.15) is 9.67 Å². The van der Waals surface area contributed by atoms with Crippen molar-refractivity contribution in [3.8, 4) is 0 Å². The summed E-state index contributed by atoms with van der Waals surface area (Å²) in [7, 11) is 1.26. The molecule has 0 saturated carbocycles. The van der Waals surface area contributed by atoms with Crippen molar-refractivity contribution in [2.45, 2.75) is 4.90 Å². The smallest absolute Gasteiger partial charge is 0.348 e. The molecule has 0 aliphatic heterocycles.